The van der Waals surface area contributed by atoms with Gasteiger partial charge in [-0.25, -0.2) is 0 Å². The Morgan fingerprint density at radius 3 is 2.50 bits per heavy atom. The number of azide groups is 1. The molecule has 26 heavy (non-hydrogen) atoms. The molecule has 0 saturated carbocycles. The Hall–Kier alpha value is -1.49. The highest BCUT2D eigenvalue weighted by molar-refractivity contribution is 6.73. The molecule has 5 atom stereocenters. The van der Waals surface area contributed by atoms with Crippen molar-refractivity contribution < 1.29 is 23.9 Å². The van der Waals surface area contributed by atoms with E-state index in [0.29, 0.717) is 0 Å². The Morgan fingerprint density at radius 1 is 1.42 bits per heavy atom. The van der Waals surface area contributed by atoms with E-state index in [4.69, 9.17) is 19.4 Å². The lowest BCUT2D eigenvalue weighted by Crippen LogP contribution is -2.64. The normalized spacial score (nSPS) is 29.0. The SMILES string of the molecule is C=CCO[C@@H]1O[C@H](CN=[N+]=[N-])[C@@H](O)[C@H]([N+](=O)[O-])[C@H]1O[Si](CC)(CC)CC. The summed E-state index contributed by atoms with van der Waals surface area (Å²) in [6.07, 6.45) is -3.12. The van der Waals surface area contributed by atoms with Crippen LogP contribution in [0.15, 0.2) is 17.8 Å². The number of hydrogen-bond donors (Lipinski definition) is 1. The molecule has 0 aromatic rings. The summed E-state index contributed by atoms with van der Waals surface area (Å²) in [5.41, 5.74) is 8.49. The van der Waals surface area contributed by atoms with Crippen molar-refractivity contribution >= 4 is 8.32 Å². The number of hydrogen-bond acceptors (Lipinski definition) is 7. The van der Waals surface area contributed by atoms with Gasteiger partial charge in [0.05, 0.1) is 19.3 Å². The van der Waals surface area contributed by atoms with Gasteiger partial charge in [-0.1, -0.05) is 32.0 Å². The van der Waals surface area contributed by atoms with Crippen molar-refractivity contribution in [3.63, 3.8) is 0 Å². The first-order valence-electron chi connectivity index (χ1n) is 8.77. The summed E-state index contributed by atoms with van der Waals surface area (Å²) in [4.78, 5) is 13.8. The molecule has 1 aliphatic rings. The molecule has 148 valence electrons. The lowest BCUT2D eigenvalue weighted by atomic mass is 9.96. The van der Waals surface area contributed by atoms with Crippen LogP contribution < -0.4 is 0 Å². The van der Waals surface area contributed by atoms with Gasteiger partial charge >= 0.3 is 0 Å². The van der Waals surface area contributed by atoms with E-state index in [1.165, 1.54) is 6.08 Å². The van der Waals surface area contributed by atoms with Crippen molar-refractivity contribution in [1.29, 1.82) is 0 Å². The second kappa shape index (κ2) is 10.6. The predicted molar refractivity (Wildman–Crippen MR) is 97.7 cm³/mol. The number of ether oxygens (including phenoxy) is 2. The topological polar surface area (TPSA) is 140 Å². The summed E-state index contributed by atoms with van der Waals surface area (Å²) in [5, 5.41) is 25.5. The molecule has 0 aromatic heterocycles. The van der Waals surface area contributed by atoms with Gasteiger partial charge in [0, 0.05) is 9.84 Å². The molecule has 0 unspecified atom stereocenters. The number of aliphatic hydroxyl groups excluding tert-OH is 1. The molecule has 0 aliphatic carbocycles. The van der Waals surface area contributed by atoms with Crippen LogP contribution in [-0.4, -0.2) is 62.1 Å². The van der Waals surface area contributed by atoms with E-state index in [0.717, 1.165) is 18.1 Å². The highest BCUT2D eigenvalue weighted by Crippen LogP contribution is 2.32. The molecule has 1 N–H and O–H groups in total. The maximum Gasteiger partial charge on any atom is 0.270 e. The molecule has 0 spiro atoms. The third-order valence-electron chi connectivity index (χ3n) is 4.91. The van der Waals surface area contributed by atoms with Crippen LogP contribution in [-0.2, 0) is 13.9 Å². The van der Waals surface area contributed by atoms with Gasteiger partial charge in [0.1, 0.15) is 0 Å². The first kappa shape index (κ1) is 22.5. The molecule has 0 amide bonds. The average Bonchev–Trinajstić information content (AvgIpc) is 2.64. The van der Waals surface area contributed by atoms with E-state index in [2.05, 4.69) is 16.6 Å². The number of aliphatic hydroxyl groups is 1. The fraction of sp³-hybridized carbons (Fsp3) is 0.867. The Morgan fingerprint density at radius 2 is 2.04 bits per heavy atom. The van der Waals surface area contributed by atoms with Crippen LogP contribution in [0, 0.1) is 10.1 Å². The highest BCUT2D eigenvalue weighted by atomic mass is 28.4. The number of nitro groups is 1. The summed E-state index contributed by atoms with van der Waals surface area (Å²) in [5.74, 6) is 0. The van der Waals surface area contributed by atoms with Crippen LogP contribution >= 0.6 is 0 Å². The van der Waals surface area contributed by atoms with Crippen LogP contribution in [0.5, 0.6) is 0 Å². The quantitative estimate of drug-likeness (QED) is 0.110. The minimum atomic E-state index is -2.23. The van der Waals surface area contributed by atoms with Gasteiger partial charge in [-0.2, -0.15) is 0 Å². The molecule has 1 heterocycles. The summed E-state index contributed by atoms with van der Waals surface area (Å²) >= 11 is 0. The maximum atomic E-state index is 11.7. The zero-order valence-corrected chi connectivity index (χ0v) is 16.5. The first-order chi connectivity index (χ1) is 12.4. The van der Waals surface area contributed by atoms with E-state index < -0.39 is 43.9 Å². The summed E-state index contributed by atoms with van der Waals surface area (Å²) in [6.45, 7) is 9.46. The summed E-state index contributed by atoms with van der Waals surface area (Å²) in [7, 11) is -2.23. The zero-order valence-electron chi connectivity index (χ0n) is 15.5. The van der Waals surface area contributed by atoms with E-state index in [9.17, 15) is 15.2 Å². The van der Waals surface area contributed by atoms with Crippen LogP contribution in [0.2, 0.25) is 18.1 Å². The third kappa shape index (κ3) is 5.26. The number of rotatable bonds is 11. The molecule has 1 rings (SSSR count). The maximum absolute atomic E-state index is 11.7. The Balaban J connectivity index is 3.22. The Labute approximate surface area is 154 Å². The molecule has 10 nitrogen and oxygen atoms in total. The van der Waals surface area contributed by atoms with E-state index in [-0.39, 0.29) is 13.2 Å². The van der Waals surface area contributed by atoms with Crippen LogP contribution in [0.1, 0.15) is 20.8 Å². The Bertz CT molecular complexity index is 518. The molecule has 0 bridgehead atoms. The Kier molecular flexibility index (Phi) is 9.20. The summed E-state index contributed by atoms with van der Waals surface area (Å²) < 4.78 is 17.5. The first-order valence-corrected chi connectivity index (χ1v) is 11.3. The van der Waals surface area contributed by atoms with Crippen molar-refractivity contribution in [1.82, 2.24) is 0 Å². The lowest BCUT2D eigenvalue weighted by Gasteiger charge is -2.43. The molecule has 0 aromatic carbocycles. The van der Waals surface area contributed by atoms with Gasteiger partial charge in [-0.3, -0.25) is 10.1 Å². The molecular weight excluding hydrogens is 360 g/mol. The van der Waals surface area contributed by atoms with Gasteiger partial charge in [0.15, 0.2) is 26.8 Å². The fourth-order valence-corrected chi connectivity index (χ4v) is 5.96. The predicted octanol–water partition coefficient (Wildman–Crippen LogP) is 2.62. The van der Waals surface area contributed by atoms with Gasteiger partial charge in [-0.15, -0.1) is 6.58 Å². The van der Waals surface area contributed by atoms with Crippen molar-refractivity contribution in [2.75, 3.05) is 13.2 Å². The molecule has 1 saturated heterocycles. The standard InChI is InChI=1S/C15H28N4O6Si/c1-5-9-23-15-14(25-26(6-2,7-3)8-4)12(19(21)22)13(20)11(24-15)10-17-18-16/h5,11-15,20H,1,6-10H2,2-4H3/t11-,12+,13-,14-,15-/m1/s1. The molecule has 0 radical (unpaired) electrons. The minimum absolute atomic E-state index is 0.109. The largest absolute Gasteiger partial charge is 0.403 e. The van der Waals surface area contributed by atoms with Crippen molar-refractivity contribution in [3.05, 3.63) is 33.2 Å². The smallest absolute Gasteiger partial charge is 0.270 e. The van der Waals surface area contributed by atoms with Crippen LogP contribution in [0.3, 0.4) is 0 Å². The minimum Gasteiger partial charge on any atom is -0.403 e. The highest BCUT2D eigenvalue weighted by Gasteiger charge is 2.55. The van der Waals surface area contributed by atoms with Gasteiger partial charge < -0.3 is 19.0 Å². The van der Waals surface area contributed by atoms with Gasteiger partial charge in [0.2, 0.25) is 0 Å². The molecule has 1 fully saturated rings. The lowest BCUT2D eigenvalue weighted by molar-refractivity contribution is -0.563. The summed E-state index contributed by atoms with van der Waals surface area (Å²) in [6, 6.07) is 0.919. The third-order valence-corrected chi connectivity index (χ3v) is 9.55. The van der Waals surface area contributed by atoms with Gasteiger partial charge in [0.25, 0.3) is 6.04 Å². The monoisotopic (exact) mass is 388 g/mol. The zero-order chi connectivity index (χ0) is 19.7. The number of nitrogens with zero attached hydrogens (tertiary/aromatic N) is 4. The van der Waals surface area contributed by atoms with Crippen molar-refractivity contribution in [2.45, 2.75) is 69.5 Å². The average molecular weight is 388 g/mol. The van der Waals surface area contributed by atoms with E-state index >= 15 is 0 Å². The molecule has 11 heteroatoms. The van der Waals surface area contributed by atoms with Crippen molar-refractivity contribution in [3.8, 4) is 0 Å². The second-order valence-electron chi connectivity index (χ2n) is 6.17. The fourth-order valence-electron chi connectivity index (χ4n) is 3.13. The second-order valence-corrected chi connectivity index (χ2v) is 10.9. The molecular formula is C15H28N4O6Si. The molecule has 1 aliphatic heterocycles. The van der Waals surface area contributed by atoms with Gasteiger partial charge in [-0.05, 0) is 23.7 Å². The van der Waals surface area contributed by atoms with E-state index in [1.807, 2.05) is 20.8 Å². The van der Waals surface area contributed by atoms with Crippen molar-refractivity contribution in [2.24, 2.45) is 5.11 Å². The van der Waals surface area contributed by atoms with Crippen LogP contribution in [0.25, 0.3) is 10.4 Å². The van der Waals surface area contributed by atoms with E-state index in [1.54, 1.807) is 0 Å². The van der Waals surface area contributed by atoms with Crippen LogP contribution in [0.4, 0.5) is 0 Å².